The molecule has 1 aromatic heterocycles. The van der Waals surface area contributed by atoms with E-state index in [1.807, 2.05) is 0 Å². The number of hydrogen-bond donors (Lipinski definition) is 1. The molecule has 0 amide bonds. The van der Waals surface area contributed by atoms with Gasteiger partial charge in [0.05, 0.1) is 17.0 Å². The van der Waals surface area contributed by atoms with Gasteiger partial charge in [-0.3, -0.25) is 4.79 Å². The fourth-order valence-corrected chi connectivity index (χ4v) is 2.06. The highest BCUT2D eigenvalue weighted by Gasteiger charge is 2.30. The van der Waals surface area contributed by atoms with Gasteiger partial charge in [-0.05, 0) is 20.8 Å². The van der Waals surface area contributed by atoms with Crippen molar-refractivity contribution in [3.05, 3.63) is 11.8 Å². The Bertz CT molecular complexity index is 502. The highest BCUT2D eigenvalue weighted by atomic mass is 32.2. The number of sulfone groups is 1. The zero-order valence-corrected chi connectivity index (χ0v) is 10.3. The van der Waals surface area contributed by atoms with Gasteiger partial charge in [-0.15, -0.1) is 0 Å². The van der Waals surface area contributed by atoms with Crippen molar-refractivity contribution < 1.29 is 13.2 Å². The van der Waals surface area contributed by atoms with Crippen molar-refractivity contribution in [2.45, 2.75) is 32.6 Å². The molecule has 1 aromatic rings. The molecule has 1 heterocycles. The molecule has 0 unspecified atom stereocenters. The molecule has 0 aliphatic rings. The van der Waals surface area contributed by atoms with Gasteiger partial charge in [0.15, 0.2) is 0 Å². The molecule has 0 fully saturated rings. The zero-order valence-electron chi connectivity index (χ0n) is 9.47. The Morgan fingerprint density at radius 2 is 2.12 bits per heavy atom. The summed E-state index contributed by atoms with van der Waals surface area (Å²) in [6.07, 6.45) is 1.20. The van der Waals surface area contributed by atoms with Gasteiger partial charge >= 0.3 is 0 Å². The number of aromatic nitrogens is 2. The minimum atomic E-state index is -3.82. The number of carbonyl (C=O) groups excluding carboxylic acids is 1. The summed E-state index contributed by atoms with van der Waals surface area (Å²) in [6, 6.07) is 0. The molecule has 90 valence electrons. The summed E-state index contributed by atoms with van der Waals surface area (Å²) < 4.78 is 24.7. The first-order valence-corrected chi connectivity index (χ1v) is 6.46. The molecule has 0 radical (unpaired) electrons. The van der Waals surface area contributed by atoms with Crippen molar-refractivity contribution in [3.63, 3.8) is 0 Å². The van der Waals surface area contributed by atoms with E-state index < -0.39 is 20.2 Å². The molecule has 16 heavy (non-hydrogen) atoms. The van der Waals surface area contributed by atoms with Crippen LogP contribution in [0.4, 0.5) is 5.82 Å². The van der Waals surface area contributed by atoms with Crippen LogP contribution in [0.5, 0.6) is 0 Å². The molecule has 0 aromatic carbocycles. The minimum Gasteiger partial charge on any atom is -0.383 e. The molecule has 0 aliphatic carbocycles. The lowest BCUT2D eigenvalue weighted by atomic mass is 10.4. The number of anilines is 1. The normalized spacial score (nSPS) is 12.0. The predicted octanol–water partition coefficient (Wildman–Crippen LogP) is 0.449. The van der Waals surface area contributed by atoms with Crippen LogP contribution in [0.15, 0.2) is 6.20 Å². The van der Waals surface area contributed by atoms with Crippen LogP contribution in [-0.4, -0.2) is 28.6 Å². The predicted molar refractivity (Wildman–Crippen MR) is 60.7 cm³/mol. The Kier molecular flexibility index (Phi) is 3.37. The van der Waals surface area contributed by atoms with Crippen molar-refractivity contribution in [1.29, 1.82) is 0 Å². The maximum Gasteiger partial charge on any atom is 0.282 e. The lowest BCUT2D eigenvalue weighted by molar-refractivity contribution is 0.107. The van der Waals surface area contributed by atoms with Crippen molar-refractivity contribution >= 4 is 20.8 Å². The Balaban J connectivity index is 3.21. The topological polar surface area (TPSA) is 95.0 Å². The molecule has 6 nitrogen and oxygen atoms in total. The standard InChI is InChI=1S/C9H15N3O3S/c1-4-12-8(10)7(5-11-12)9(13)16(14,15)6(2)3/h5-6H,4,10H2,1-3H3. The summed E-state index contributed by atoms with van der Waals surface area (Å²) in [5.41, 5.74) is 5.58. The third kappa shape index (κ3) is 1.95. The highest BCUT2D eigenvalue weighted by molar-refractivity contribution is 8.07. The van der Waals surface area contributed by atoms with Crippen LogP contribution in [0, 0.1) is 0 Å². The number of rotatable bonds is 3. The van der Waals surface area contributed by atoms with Crippen molar-refractivity contribution in [1.82, 2.24) is 9.78 Å². The Hall–Kier alpha value is -1.37. The summed E-state index contributed by atoms with van der Waals surface area (Å²) >= 11 is 0. The minimum absolute atomic E-state index is 0.0458. The van der Waals surface area contributed by atoms with Crippen molar-refractivity contribution in [3.8, 4) is 0 Å². The van der Waals surface area contributed by atoms with Crippen molar-refractivity contribution in [2.75, 3.05) is 5.73 Å². The fourth-order valence-electron chi connectivity index (χ4n) is 1.17. The van der Waals surface area contributed by atoms with E-state index in [4.69, 9.17) is 5.73 Å². The van der Waals surface area contributed by atoms with Crippen molar-refractivity contribution in [2.24, 2.45) is 0 Å². The molecule has 7 heteroatoms. The van der Waals surface area contributed by atoms with E-state index in [0.717, 1.165) is 0 Å². The Morgan fingerprint density at radius 3 is 2.50 bits per heavy atom. The quantitative estimate of drug-likeness (QED) is 0.834. The average molecular weight is 245 g/mol. The SMILES string of the molecule is CCn1ncc(C(=O)S(=O)(=O)C(C)C)c1N. The first-order chi connectivity index (χ1) is 7.32. The smallest absolute Gasteiger partial charge is 0.282 e. The van der Waals surface area contributed by atoms with Crippen LogP contribution in [0.3, 0.4) is 0 Å². The number of nitrogens with two attached hydrogens (primary N) is 1. The molecule has 0 bridgehead atoms. The van der Waals surface area contributed by atoms with E-state index in [1.165, 1.54) is 24.7 Å². The maximum absolute atomic E-state index is 11.7. The van der Waals surface area contributed by atoms with Crippen LogP contribution in [0.25, 0.3) is 0 Å². The molecular weight excluding hydrogens is 230 g/mol. The molecular formula is C9H15N3O3S. The third-order valence-electron chi connectivity index (χ3n) is 2.28. The highest BCUT2D eigenvalue weighted by Crippen LogP contribution is 2.17. The van der Waals surface area contributed by atoms with E-state index in [-0.39, 0.29) is 11.4 Å². The van der Waals surface area contributed by atoms with Crippen LogP contribution in [-0.2, 0) is 16.4 Å². The molecule has 0 aliphatic heterocycles. The third-order valence-corrected chi connectivity index (χ3v) is 4.26. The fraction of sp³-hybridized carbons (Fsp3) is 0.556. The van der Waals surface area contributed by atoms with Gasteiger partial charge in [0.25, 0.3) is 5.12 Å². The van der Waals surface area contributed by atoms with E-state index >= 15 is 0 Å². The molecule has 0 saturated heterocycles. The van der Waals surface area contributed by atoms with Crippen LogP contribution in [0.1, 0.15) is 31.1 Å². The average Bonchev–Trinajstić information content (AvgIpc) is 2.58. The van der Waals surface area contributed by atoms with Crippen LogP contribution >= 0.6 is 0 Å². The van der Waals surface area contributed by atoms with E-state index in [2.05, 4.69) is 5.10 Å². The summed E-state index contributed by atoms with van der Waals surface area (Å²) in [5, 5.41) is 2.12. The number of nitrogens with zero attached hydrogens (tertiary/aromatic N) is 2. The summed E-state index contributed by atoms with van der Waals surface area (Å²) in [7, 11) is -3.82. The van der Waals surface area contributed by atoms with E-state index in [9.17, 15) is 13.2 Å². The molecule has 0 spiro atoms. The second-order valence-electron chi connectivity index (χ2n) is 3.64. The number of hydrogen-bond acceptors (Lipinski definition) is 5. The maximum atomic E-state index is 11.7. The molecule has 0 atom stereocenters. The van der Waals surface area contributed by atoms with Gasteiger partial charge < -0.3 is 5.73 Å². The first-order valence-electron chi connectivity index (χ1n) is 4.91. The zero-order chi connectivity index (χ0) is 12.5. The van der Waals surface area contributed by atoms with Gasteiger partial charge in [0.1, 0.15) is 5.82 Å². The van der Waals surface area contributed by atoms with Crippen LogP contribution < -0.4 is 5.73 Å². The summed E-state index contributed by atoms with van der Waals surface area (Å²) in [6.45, 7) is 5.19. The van der Waals surface area contributed by atoms with Gasteiger partial charge in [-0.1, -0.05) is 0 Å². The van der Waals surface area contributed by atoms with Crippen LogP contribution in [0.2, 0.25) is 0 Å². The molecule has 0 saturated carbocycles. The largest absolute Gasteiger partial charge is 0.383 e. The number of nitrogen functional groups attached to an aromatic ring is 1. The van der Waals surface area contributed by atoms with E-state index in [0.29, 0.717) is 6.54 Å². The number of carbonyl (C=O) groups is 1. The second-order valence-corrected chi connectivity index (χ2v) is 6.04. The summed E-state index contributed by atoms with van der Waals surface area (Å²) in [4.78, 5) is 11.7. The monoisotopic (exact) mass is 245 g/mol. The molecule has 1 rings (SSSR count). The first kappa shape index (κ1) is 12.7. The van der Waals surface area contributed by atoms with Gasteiger partial charge in [-0.2, -0.15) is 5.10 Å². The summed E-state index contributed by atoms with van der Waals surface area (Å²) in [5.74, 6) is 0.0942. The Labute approximate surface area is 94.4 Å². The van der Waals surface area contributed by atoms with Gasteiger partial charge in [-0.25, -0.2) is 13.1 Å². The number of aryl methyl sites for hydroxylation is 1. The van der Waals surface area contributed by atoms with Gasteiger partial charge in [0, 0.05) is 6.54 Å². The Morgan fingerprint density at radius 1 is 1.56 bits per heavy atom. The van der Waals surface area contributed by atoms with Gasteiger partial charge in [0.2, 0.25) is 9.84 Å². The lowest BCUT2D eigenvalue weighted by Gasteiger charge is -2.05. The van der Waals surface area contributed by atoms with E-state index in [1.54, 1.807) is 6.92 Å². The lowest BCUT2D eigenvalue weighted by Crippen LogP contribution is -2.24. The second kappa shape index (κ2) is 4.25. The molecule has 2 N–H and O–H groups in total.